The van der Waals surface area contributed by atoms with Crippen LogP contribution in [0.5, 0.6) is 0 Å². The van der Waals surface area contributed by atoms with Crippen LogP contribution in [0.3, 0.4) is 0 Å². The Bertz CT molecular complexity index is 584. The van der Waals surface area contributed by atoms with Crippen molar-refractivity contribution >= 4 is 41.6 Å². The summed E-state index contributed by atoms with van der Waals surface area (Å²) in [5.74, 6) is 0.267. The second-order valence-corrected chi connectivity index (χ2v) is 7.65. The molecule has 18 heavy (non-hydrogen) atoms. The predicted molar refractivity (Wildman–Crippen MR) is 72.2 cm³/mol. The van der Waals surface area contributed by atoms with Gasteiger partial charge >= 0.3 is 0 Å². The van der Waals surface area contributed by atoms with Crippen LogP contribution >= 0.6 is 26.6 Å². The summed E-state index contributed by atoms with van der Waals surface area (Å²) in [5, 5.41) is 2.77. The normalized spacial score (nSPS) is 15.4. The largest absolute Gasteiger partial charge is 0.352 e. The quantitative estimate of drug-likeness (QED) is 0.847. The number of nitrogens with one attached hydrogen (secondary N) is 1. The fourth-order valence-electron chi connectivity index (χ4n) is 1.48. The molecule has 1 fully saturated rings. The van der Waals surface area contributed by atoms with E-state index in [1.54, 1.807) is 0 Å². The number of rotatable bonds is 4. The molecule has 1 amide bonds. The standard InChI is InChI=1S/C11H11BrClNO3S/c12-10-4-3-8(18(13,16)17)5-9(10)11(15)14-6-7-1-2-7/h3-5,7H,1-2,6H2,(H,14,15). The molecule has 0 aromatic heterocycles. The smallest absolute Gasteiger partial charge is 0.261 e. The zero-order chi connectivity index (χ0) is 13.3. The van der Waals surface area contributed by atoms with Crippen LogP contribution in [-0.2, 0) is 9.05 Å². The number of hydrogen-bond donors (Lipinski definition) is 1. The van der Waals surface area contributed by atoms with Gasteiger partial charge in [0, 0.05) is 21.7 Å². The highest BCUT2D eigenvalue weighted by molar-refractivity contribution is 9.10. The summed E-state index contributed by atoms with van der Waals surface area (Å²) < 4.78 is 23.0. The van der Waals surface area contributed by atoms with E-state index in [4.69, 9.17) is 10.7 Å². The van der Waals surface area contributed by atoms with E-state index in [1.165, 1.54) is 18.2 Å². The van der Waals surface area contributed by atoms with Gasteiger partial charge < -0.3 is 5.32 Å². The van der Waals surface area contributed by atoms with E-state index >= 15 is 0 Å². The summed E-state index contributed by atoms with van der Waals surface area (Å²) in [6, 6.07) is 4.13. The minimum absolute atomic E-state index is 0.0797. The highest BCUT2D eigenvalue weighted by Crippen LogP contribution is 2.28. The first-order valence-electron chi connectivity index (χ1n) is 5.40. The second-order valence-electron chi connectivity index (χ2n) is 4.23. The Morgan fingerprint density at radius 2 is 2.11 bits per heavy atom. The van der Waals surface area contributed by atoms with E-state index in [1.807, 2.05) is 0 Å². The lowest BCUT2D eigenvalue weighted by atomic mass is 10.2. The lowest BCUT2D eigenvalue weighted by Crippen LogP contribution is -2.26. The van der Waals surface area contributed by atoms with Gasteiger partial charge in [-0.2, -0.15) is 0 Å². The maximum absolute atomic E-state index is 11.9. The Hall–Kier alpha value is -0.590. The molecule has 4 nitrogen and oxygen atoms in total. The fourth-order valence-corrected chi connectivity index (χ4v) is 2.69. The maximum atomic E-state index is 11.9. The second kappa shape index (κ2) is 5.19. The topological polar surface area (TPSA) is 63.2 Å². The minimum atomic E-state index is -3.82. The zero-order valence-electron chi connectivity index (χ0n) is 9.32. The third-order valence-electron chi connectivity index (χ3n) is 2.71. The van der Waals surface area contributed by atoms with Crippen LogP contribution in [0.2, 0.25) is 0 Å². The van der Waals surface area contributed by atoms with Gasteiger partial charge in [0.15, 0.2) is 0 Å². The molecule has 1 N–H and O–H groups in total. The molecule has 7 heteroatoms. The molecule has 2 rings (SSSR count). The molecule has 0 atom stereocenters. The molecule has 1 saturated carbocycles. The summed E-state index contributed by atoms with van der Waals surface area (Å²) in [4.78, 5) is 11.8. The third-order valence-corrected chi connectivity index (χ3v) is 4.76. The Morgan fingerprint density at radius 1 is 1.44 bits per heavy atom. The van der Waals surface area contributed by atoms with Gasteiger partial charge in [0.25, 0.3) is 15.0 Å². The SMILES string of the molecule is O=C(NCC1CC1)c1cc(S(=O)(=O)Cl)ccc1Br. The van der Waals surface area contributed by atoms with Gasteiger partial charge in [0.05, 0.1) is 10.5 Å². The summed E-state index contributed by atoms with van der Waals surface area (Å²) in [6.45, 7) is 0.628. The predicted octanol–water partition coefficient (Wildman–Crippen LogP) is 2.52. The molecule has 0 radical (unpaired) electrons. The molecule has 1 aromatic carbocycles. The molecule has 98 valence electrons. The molecule has 1 aromatic rings. The third kappa shape index (κ3) is 3.46. The number of halogens is 2. The summed E-state index contributed by atoms with van der Waals surface area (Å²) in [6.07, 6.45) is 2.27. The number of amides is 1. The first kappa shape index (κ1) is 13.8. The van der Waals surface area contributed by atoms with Gasteiger partial charge in [-0.1, -0.05) is 0 Å². The van der Waals surface area contributed by atoms with Crippen molar-refractivity contribution in [2.75, 3.05) is 6.54 Å². The molecule has 0 aliphatic heterocycles. The molecule has 0 saturated heterocycles. The molecule has 0 bridgehead atoms. The first-order valence-corrected chi connectivity index (χ1v) is 8.50. The van der Waals surface area contributed by atoms with Crippen LogP contribution in [0, 0.1) is 5.92 Å². The van der Waals surface area contributed by atoms with Gasteiger partial charge in [-0.25, -0.2) is 8.42 Å². The zero-order valence-corrected chi connectivity index (χ0v) is 12.5. The van der Waals surface area contributed by atoms with Gasteiger partial charge in [-0.3, -0.25) is 4.79 Å². The average molecular weight is 353 g/mol. The van der Waals surface area contributed by atoms with Crippen molar-refractivity contribution in [1.82, 2.24) is 5.32 Å². The van der Waals surface area contributed by atoms with Crippen molar-refractivity contribution in [3.8, 4) is 0 Å². The highest BCUT2D eigenvalue weighted by atomic mass is 79.9. The van der Waals surface area contributed by atoms with Gasteiger partial charge in [-0.05, 0) is 52.9 Å². The summed E-state index contributed by atoms with van der Waals surface area (Å²) in [7, 11) is 1.43. The number of benzene rings is 1. The number of carbonyl (C=O) groups excluding carboxylic acids is 1. The van der Waals surface area contributed by atoms with E-state index in [9.17, 15) is 13.2 Å². The summed E-state index contributed by atoms with van der Waals surface area (Å²) >= 11 is 3.22. The number of hydrogen-bond acceptors (Lipinski definition) is 3. The van der Waals surface area contributed by atoms with Gasteiger partial charge in [0.2, 0.25) is 0 Å². The molecular weight excluding hydrogens is 342 g/mol. The van der Waals surface area contributed by atoms with Crippen molar-refractivity contribution < 1.29 is 13.2 Å². The molecular formula is C11H11BrClNO3S. The average Bonchev–Trinajstić information content (AvgIpc) is 3.08. The molecule has 1 aliphatic carbocycles. The van der Waals surface area contributed by atoms with Gasteiger partial charge in [-0.15, -0.1) is 0 Å². The first-order chi connectivity index (χ1) is 8.38. The monoisotopic (exact) mass is 351 g/mol. The number of carbonyl (C=O) groups is 1. The molecule has 0 spiro atoms. The fraction of sp³-hybridized carbons (Fsp3) is 0.364. The lowest BCUT2D eigenvalue weighted by molar-refractivity contribution is 0.0951. The van der Waals surface area contributed by atoms with Crippen molar-refractivity contribution in [2.45, 2.75) is 17.7 Å². The van der Waals surface area contributed by atoms with Crippen LogP contribution in [-0.4, -0.2) is 20.9 Å². The maximum Gasteiger partial charge on any atom is 0.261 e. The van der Waals surface area contributed by atoms with E-state index in [-0.39, 0.29) is 16.4 Å². The lowest BCUT2D eigenvalue weighted by Gasteiger charge is -2.07. The molecule has 0 heterocycles. The van der Waals surface area contributed by atoms with Crippen LogP contribution in [0.1, 0.15) is 23.2 Å². The van der Waals surface area contributed by atoms with Crippen molar-refractivity contribution in [1.29, 1.82) is 0 Å². The van der Waals surface area contributed by atoms with Crippen molar-refractivity contribution in [3.05, 3.63) is 28.2 Å². The summed E-state index contributed by atoms with van der Waals surface area (Å²) in [5.41, 5.74) is 0.275. The van der Waals surface area contributed by atoms with Crippen molar-refractivity contribution in [2.24, 2.45) is 5.92 Å². The Kier molecular flexibility index (Phi) is 3.99. The van der Waals surface area contributed by atoms with E-state index in [0.717, 1.165) is 12.8 Å². The van der Waals surface area contributed by atoms with E-state index in [0.29, 0.717) is 16.9 Å². The van der Waals surface area contributed by atoms with Crippen LogP contribution in [0.4, 0.5) is 0 Å². The molecule has 0 unspecified atom stereocenters. The minimum Gasteiger partial charge on any atom is -0.352 e. The van der Waals surface area contributed by atoms with Crippen LogP contribution < -0.4 is 5.32 Å². The van der Waals surface area contributed by atoms with E-state index < -0.39 is 9.05 Å². The highest BCUT2D eigenvalue weighted by Gasteiger charge is 2.23. The Labute approximate surface area is 118 Å². The van der Waals surface area contributed by atoms with Gasteiger partial charge in [0.1, 0.15) is 0 Å². The Morgan fingerprint density at radius 3 is 2.67 bits per heavy atom. The molecule has 1 aliphatic rings. The Balaban J connectivity index is 2.22. The van der Waals surface area contributed by atoms with E-state index in [2.05, 4.69) is 21.2 Å². The van der Waals surface area contributed by atoms with Crippen LogP contribution in [0.25, 0.3) is 0 Å². The van der Waals surface area contributed by atoms with Crippen molar-refractivity contribution in [3.63, 3.8) is 0 Å². The van der Waals surface area contributed by atoms with Crippen LogP contribution in [0.15, 0.2) is 27.6 Å².